The van der Waals surface area contributed by atoms with Gasteiger partial charge >= 0.3 is 12.2 Å². The maximum absolute atomic E-state index is 16.5. The molecule has 2 aliphatic heterocycles. The van der Waals surface area contributed by atoms with Gasteiger partial charge in [0, 0.05) is 97.2 Å². The van der Waals surface area contributed by atoms with Crippen molar-refractivity contribution in [2.24, 2.45) is 29.4 Å². The SMILES string of the molecule is CNC1CCC(C(=O)N2CCCC(C(O)(CCCN(C)C(=O)OC(CCCOC(N)=O)(c3cccc(Cl)c3-c3cc(C)cc(F)c3)C3CCCN(C(=O)C4CCC(NC)C4)C3)c3cccc(F)c3-c3cc(C)cc(F)c3)C2)C1. The zero-order chi connectivity index (χ0) is 55.9. The largest absolute Gasteiger partial charge is 0.450 e. The fourth-order valence-electron chi connectivity index (χ4n) is 13.4. The van der Waals surface area contributed by atoms with E-state index in [1.54, 1.807) is 45.2 Å². The summed E-state index contributed by atoms with van der Waals surface area (Å²) in [6.07, 6.45) is 5.70. The summed E-state index contributed by atoms with van der Waals surface area (Å²) in [6, 6.07) is 19.2. The minimum absolute atomic E-state index is 0.0234. The molecule has 4 aliphatic rings. The molecule has 2 saturated heterocycles. The van der Waals surface area contributed by atoms with Gasteiger partial charge in [-0.25, -0.2) is 22.8 Å². The van der Waals surface area contributed by atoms with Crippen LogP contribution in [0.15, 0.2) is 72.8 Å². The summed E-state index contributed by atoms with van der Waals surface area (Å²) in [5.74, 6) is -3.02. The second kappa shape index (κ2) is 25.6. The van der Waals surface area contributed by atoms with E-state index in [1.807, 2.05) is 36.0 Å². The molecule has 2 saturated carbocycles. The summed E-state index contributed by atoms with van der Waals surface area (Å²) < 4.78 is 59.3. The first-order chi connectivity index (χ1) is 37.3. The maximum Gasteiger partial charge on any atom is 0.410 e. The minimum atomic E-state index is -1.77. The van der Waals surface area contributed by atoms with Gasteiger partial charge in [-0.2, -0.15) is 0 Å². The Hall–Kier alpha value is -5.68. The number of rotatable bonds is 19. The summed E-state index contributed by atoms with van der Waals surface area (Å²) in [5, 5.41) is 20.4. The lowest BCUT2D eigenvalue weighted by atomic mass is 9.71. The number of likely N-dealkylation sites (tertiary alicyclic amines) is 2. The normalized spacial score (nSPS) is 23.1. The van der Waals surface area contributed by atoms with Gasteiger partial charge in [0.25, 0.3) is 0 Å². The third-order valence-electron chi connectivity index (χ3n) is 17.4. The van der Waals surface area contributed by atoms with Gasteiger partial charge in [0.2, 0.25) is 11.8 Å². The van der Waals surface area contributed by atoms with Crippen molar-refractivity contribution in [1.82, 2.24) is 25.3 Å². The standard InChI is InChI=1S/C61H78ClF3N6O7/c1-38-28-42(32-46(63)30-38)54-51(15-6-16-52(54)62)61(23-11-27-77-58(66)74,45-13-9-26-71(37-45)57(73)41-19-21-49(35-41)68-4)78-59(75)69(5)24-10-22-60(76,44-12-8-25-70(36-44)56(72)40-18-20-48(34-40)67-3)50-14-7-17-53(65)55(50)43-29-39(2)31-47(64)33-43/h6-7,14-17,28-33,40-41,44-45,48-49,67-68,76H,8-13,18-27,34-37H2,1-5H3,(H2,66,74). The number of nitrogens with one attached hydrogen (secondary N) is 2. The van der Waals surface area contributed by atoms with E-state index in [-0.39, 0.29) is 109 Å². The van der Waals surface area contributed by atoms with Gasteiger partial charge in [-0.3, -0.25) is 9.59 Å². The zero-order valence-corrected chi connectivity index (χ0v) is 46.6. The van der Waals surface area contributed by atoms with Gasteiger partial charge in [-0.15, -0.1) is 0 Å². The molecule has 13 nitrogen and oxygen atoms in total. The number of piperidine rings is 2. The maximum atomic E-state index is 16.5. The number of primary amides is 1. The van der Waals surface area contributed by atoms with Crippen LogP contribution in [0.1, 0.15) is 112 Å². The van der Waals surface area contributed by atoms with Crippen LogP contribution in [0.4, 0.5) is 22.8 Å². The molecule has 0 radical (unpaired) electrons. The van der Waals surface area contributed by atoms with E-state index in [1.165, 1.54) is 41.3 Å². The Morgan fingerprint density at radius 1 is 0.731 bits per heavy atom. The summed E-state index contributed by atoms with van der Waals surface area (Å²) in [5.41, 5.74) is 5.34. The van der Waals surface area contributed by atoms with E-state index < -0.39 is 52.7 Å². The molecule has 17 heteroatoms. The molecule has 2 aliphatic carbocycles. The number of aryl methyl sites for hydroxylation is 2. The molecule has 4 fully saturated rings. The third-order valence-corrected chi connectivity index (χ3v) is 17.7. The molecule has 0 aromatic heterocycles. The summed E-state index contributed by atoms with van der Waals surface area (Å²) in [7, 11) is 5.40. The summed E-state index contributed by atoms with van der Waals surface area (Å²) in [4.78, 5) is 60.9. The monoisotopic (exact) mass is 1100 g/mol. The van der Waals surface area contributed by atoms with Gasteiger partial charge in [0.05, 0.1) is 12.2 Å². The van der Waals surface area contributed by atoms with Crippen LogP contribution in [-0.4, -0.2) is 116 Å². The topological polar surface area (TPSA) is 167 Å². The fraction of sp³-hybridized carbons (Fsp3) is 0.541. The highest BCUT2D eigenvalue weighted by Gasteiger charge is 2.50. The lowest BCUT2D eigenvalue weighted by Gasteiger charge is -2.47. The molecular weight excluding hydrogens is 1020 g/mol. The minimum Gasteiger partial charge on any atom is -0.450 e. The molecule has 78 heavy (non-hydrogen) atoms. The number of benzene rings is 4. The molecule has 0 bridgehead atoms. The van der Waals surface area contributed by atoms with Gasteiger partial charge in [-0.05, 0) is 182 Å². The highest BCUT2D eigenvalue weighted by molar-refractivity contribution is 6.33. The number of carbonyl (C=O) groups excluding carboxylic acids is 4. The van der Waals surface area contributed by atoms with Crippen LogP contribution >= 0.6 is 11.6 Å². The lowest BCUT2D eigenvalue weighted by Crippen LogP contribution is -2.52. The smallest absolute Gasteiger partial charge is 0.410 e. The van der Waals surface area contributed by atoms with Crippen LogP contribution in [0.3, 0.4) is 0 Å². The van der Waals surface area contributed by atoms with Crippen LogP contribution in [-0.2, 0) is 30.3 Å². The number of hydrogen-bond acceptors (Lipinski definition) is 9. The molecule has 5 N–H and O–H groups in total. The first-order valence-electron chi connectivity index (χ1n) is 28.0. The van der Waals surface area contributed by atoms with Gasteiger partial charge in [0.1, 0.15) is 23.1 Å². The molecule has 8 atom stereocenters. The number of ether oxygens (including phenoxy) is 2. The molecular formula is C61H78ClF3N6O7. The van der Waals surface area contributed by atoms with Crippen molar-refractivity contribution in [2.45, 2.75) is 127 Å². The Morgan fingerprint density at radius 3 is 1.85 bits per heavy atom. The predicted octanol–water partition coefficient (Wildman–Crippen LogP) is 10.8. The molecule has 4 amide bonds. The average molecular weight is 1100 g/mol. The number of nitrogens with two attached hydrogens (primary N) is 1. The Labute approximate surface area is 462 Å². The van der Waals surface area contributed by atoms with E-state index in [9.17, 15) is 19.5 Å². The number of nitrogens with zero attached hydrogens (tertiary/aromatic N) is 3. The van der Waals surface area contributed by atoms with Gasteiger partial charge in [0.15, 0.2) is 0 Å². The third kappa shape index (κ3) is 13.1. The van der Waals surface area contributed by atoms with Crippen LogP contribution in [0, 0.1) is 55.0 Å². The number of hydrogen-bond donors (Lipinski definition) is 4. The Kier molecular flexibility index (Phi) is 19.2. The molecule has 4 aromatic carbocycles. The zero-order valence-electron chi connectivity index (χ0n) is 45.9. The van der Waals surface area contributed by atoms with Crippen molar-refractivity contribution < 1.29 is 46.9 Å². The van der Waals surface area contributed by atoms with Gasteiger partial charge in [-0.1, -0.05) is 48.0 Å². The molecule has 8 unspecified atom stereocenters. The lowest BCUT2D eigenvalue weighted by molar-refractivity contribution is -0.142. The second-order valence-corrected chi connectivity index (χ2v) is 23.0. The quantitative estimate of drug-likeness (QED) is 0.0669. The van der Waals surface area contributed by atoms with Crippen LogP contribution in [0.25, 0.3) is 22.3 Å². The number of halogens is 4. The highest BCUT2D eigenvalue weighted by atomic mass is 35.5. The van der Waals surface area contributed by atoms with E-state index in [4.69, 9.17) is 26.8 Å². The first kappa shape index (κ1) is 58.5. The van der Waals surface area contributed by atoms with E-state index in [2.05, 4.69) is 10.6 Å². The van der Waals surface area contributed by atoms with Crippen molar-refractivity contribution in [3.8, 4) is 22.3 Å². The summed E-state index contributed by atoms with van der Waals surface area (Å²) in [6.45, 7) is 4.91. The molecule has 8 rings (SSSR count). The Bertz CT molecular complexity index is 2770. The second-order valence-electron chi connectivity index (χ2n) is 22.6. The van der Waals surface area contributed by atoms with Crippen molar-refractivity contribution in [3.63, 3.8) is 0 Å². The van der Waals surface area contributed by atoms with Crippen molar-refractivity contribution >= 4 is 35.6 Å². The molecule has 4 aromatic rings. The van der Waals surface area contributed by atoms with Crippen molar-refractivity contribution in [1.29, 1.82) is 0 Å². The first-order valence-corrected chi connectivity index (χ1v) is 28.4. The molecule has 422 valence electrons. The fourth-order valence-corrected chi connectivity index (χ4v) is 13.7. The number of carbonyl (C=O) groups is 4. The summed E-state index contributed by atoms with van der Waals surface area (Å²) >= 11 is 7.16. The predicted molar refractivity (Wildman–Crippen MR) is 296 cm³/mol. The number of amides is 4. The Morgan fingerprint density at radius 2 is 1.28 bits per heavy atom. The van der Waals surface area contributed by atoms with Crippen molar-refractivity contribution in [3.05, 3.63) is 118 Å². The Balaban J connectivity index is 1.15. The van der Waals surface area contributed by atoms with Crippen LogP contribution in [0.5, 0.6) is 0 Å². The highest BCUT2D eigenvalue weighted by Crippen LogP contribution is 2.50. The molecule has 2 heterocycles. The number of aliphatic hydroxyl groups is 1. The van der Waals surface area contributed by atoms with Crippen LogP contribution < -0.4 is 16.4 Å². The average Bonchev–Trinajstić information content (AvgIpc) is 4.15. The molecule has 0 spiro atoms. The van der Waals surface area contributed by atoms with Crippen molar-refractivity contribution in [2.75, 3.05) is 60.5 Å². The van der Waals surface area contributed by atoms with E-state index in [0.717, 1.165) is 32.1 Å². The van der Waals surface area contributed by atoms with Crippen LogP contribution in [0.2, 0.25) is 5.02 Å². The van der Waals surface area contributed by atoms with E-state index in [0.29, 0.717) is 73.0 Å². The van der Waals surface area contributed by atoms with Gasteiger partial charge < -0.3 is 45.6 Å². The van der Waals surface area contributed by atoms with E-state index >= 15 is 18.0 Å².